The zero-order chi connectivity index (χ0) is 26.6. The number of carbonyl (C=O) groups is 3. The van der Waals surface area contributed by atoms with Gasteiger partial charge in [-0.25, -0.2) is 9.59 Å². The molecule has 10 nitrogen and oxygen atoms in total. The highest BCUT2D eigenvalue weighted by Crippen LogP contribution is 2.48. The molecule has 0 bridgehead atoms. The van der Waals surface area contributed by atoms with Crippen molar-refractivity contribution in [3.05, 3.63) is 35.4 Å². The number of nitrogens with one attached hydrogen (secondary N) is 1. The lowest BCUT2D eigenvalue weighted by Gasteiger charge is -2.44. The minimum absolute atomic E-state index is 0.0190. The number of nitrogens with zero attached hydrogens (tertiary/aromatic N) is 2. The van der Waals surface area contributed by atoms with Gasteiger partial charge in [0, 0.05) is 43.8 Å². The number of aliphatic hydroxyl groups is 2. The van der Waals surface area contributed by atoms with Gasteiger partial charge < -0.3 is 30.6 Å². The number of rotatable bonds is 8. The van der Waals surface area contributed by atoms with Crippen LogP contribution in [0.1, 0.15) is 50.7 Å². The Morgan fingerprint density at radius 1 is 1.08 bits per heavy atom. The van der Waals surface area contributed by atoms with Crippen molar-refractivity contribution in [3.8, 4) is 0 Å². The Bertz CT molecular complexity index is 989. The second-order valence-corrected chi connectivity index (χ2v) is 9.40. The summed E-state index contributed by atoms with van der Waals surface area (Å²) in [7, 11) is 0. The predicted octanol–water partition coefficient (Wildman–Crippen LogP) is 1.44. The molecular formula is C26H37N3O7. The van der Waals surface area contributed by atoms with Gasteiger partial charge in [-0.3, -0.25) is 9.69 Å². The molecular weight excluding hydrogens is 466 g/mol. The lowest BCUT2D eigenvalue weighted by Crippen LogP contribution is -2.49. The zero-order valence-corrected chi connectivity index (χ0v) is 21.1. The van der Waals surface area contributed by atoms with E-state index in [0.717, 1.165) is 39.1 Å². The average Bonchev–Trinajstić information content (AvgIpc) is 3.28. The monoisotopic (exact) mass is 503 g/mol. The summed E-state index contributed by atoms with van der Waals surface area (Å²) >= 11 is 0. The lowest BCUT2D eigenvalue weighted by molar-refractivity contribution is -0.165. The van der Waals surface area contributed by atoms with Crippen molar-refractivity contribution >= 4 is 29.1 Å². The van der Waals surface area contributed by atoms with E-state index in [1.807, 2.05) is 4.90 Å². The number of benzene rings is 1. The topological polar surface area (TPSA) is 151 Å². The highest BCUT2D eigenvalue weighted by molar-refractivity contribution is 5.87. The number of aliphatic hydroxyl groups excluding tert-OH is 2. The molecule has 0 aromatic heterocycles. The van der Waals surface area contributed by atoms with E-state index in [9.17, 15) is 14.4 Å². The van der Waals surface area contributed by atoms with E-state index >= 15 is 0 Å². The standard InChI is InChI=1S/C22H31N3O.C4H6O6/c1-4-10-25-14-16(22(26)24(5-2)6-3)11-18-17-8-7-9-19-21(17)15(13-23-19)12-20(18)25;5-1(3(7)8)2(6)4(9)10/h7-9,11,15-16,20,23H,4-6,10,12-14H2,1-3H3;1-2,5-6H,(H,7,8)(H,9,10)/t15?,16-,20-;/m1./s1. The van der Waals surface area contributed by atoms with Gasteiger partial charge in [0.05, 0.1) is 5.92 Å². The third-order valence-corrected chi connectivity index (χ3v) is 7.19. The maximum atomic E-state index is 13.1. The molecule has 1 amide bonds. The van der Waals surface area contributed by atoms with Crippen molar-refractivity contribution in [2.24, 2.45) is 5.92 Å². The molecule has 10 heteroatoms. The number of fused-ring (bicyclic) bond motifs is 2. The van der Waals surface area contributed by atoms with E-state index in [-0.39, 0.29) is 11.8 Å². The van der Waals surface area contributed by atoms with Crippen LogP contribution in [0.5, 0.6) is 0 Å². The molecule has 1 aromatic rings. The molecule has 4 rings (SSSR count). The summed E-state index contributed by atoms with van der Waals surface area (Å²) in [5, 5.41) is 36.1. The lowest BCUT2D eigenvalue weighted by atomic mass is 9.74. The number of anilines is 1. The van der Waals surface area contributed by atoms with Crippen LogP contribution in [0.15, 0.2) is 24.3 Å². The summed E-state index contributed by atoms with van der Waals surface area (Å²) in [6, 6.07) is 7.09. The Morgan fingerprint density at radius 3 is 2.28 bits per heavy atom. The highest BCUT2D eigenvalue weighted by atomic mass is 16.4. The summed E-state index contributed by atoms with van der Waals surface area (Å²) in [4.78, 5) is 37.2. The molecule has 3 unspecified atom stereocenters. The average molecular weight is 504 g/mol. The van der Waals surface area contributed by atoms with Crippen molar-refractivity contribution in [2.75, 3.05) is 38.0 Å². The molecule has 0 saturated heterocycles. The Balaban J connectivity index is 0.000000308. The van der Waals surface area contributed by atoms with Crippen molar-refractivity contribution in [1.29, 1.82) is 0 Å². The van der Waals surface area contributed by atoms with Crippen LogP contribution in [0, 0.1) is 5.92 Å². The maximum absolute atomic E-state index is 13.1. The molecule has 198 valence electrons. The number of carbonyl (C=O) groups excluding carboxylic acids is 1. The van der Waals surface area contributed by atoms with Crippen molar-refractivity contribution in [1.82, 2.24) is 9.80 Å². The molecule has 1 aliphatic carbocycles. The van der Waals surface area contributed by atoms with Crippen molar-refractivity contribution in [2.45, 2.75) is 57.8 Å². The van der Waals surface area contributed by atoms with E-state index in [4.69, 9.17) is 20.4 Å². The zero-order valence-electron chi connectivity index (χ0n) is 21.1. The van der Waals surface area contributed by atoms with Gasteiger partial charge in [0.15, 0.2) is 12.2 Å². The first kappa shape index (κ1) is 27.6. The van der Waals surface area contributed by atoms with Crippen LogP contribution in [0.25, 0.3) is 5.57 Å². The van der Waals surface area contributed by atoms with Gasteiger partial charge in [-0.1, -0.05) is 25.1 Å². The van der Waals surface area contributed by atoms with Crippen LogP contribution in [-0.2, 0) is 14.4 Å². The molecule has 5 N–H and O–H groups in total. The number of carboxylic acids is 2. The Hall–Kier alpha value is -2.95. The summed E-state index contributed by atoms with van der Waals surface area (Å²) in [6.07, 6.45) is 0.0811. The number of hydrogen-bond acceptors (Lipinski definition) is 7. The van der Waals surface area contributed by atoms with E-state index < -0.39 is 24.1 Å². The summed E-state index contributed by atoms with van der Waals surface area (Å²) in [5.41, 5.74) is 5.56. The van der Waals surface area contributed by atoms with Gasteiger partial charge in [0.1, 0.15) is 0 Å². The molecule has 2 aliphatic heterocycles. The summed E-state index contributed by atoms with van der Waals surface area (Å²) in [5.74, 6) is -2.66. The first-order valence-electron chi connectivity index (χ1n) is 12.6. The first-order chi connectivity index (χ1) is 17.1. The second kappa shape index (κ2) is 11.9. The fraction of sp³-hybridized carbons (Fsp3) is 0.577. The summed E-state index contributed by atoms with van der Waals surface area (Å²) < 4.78 is 0. The number of aliphatic carboxylic acids is 2. The van der Waals surface area contributed by atoms with Crippen LogP contribution in [0.2, 0.25) is 0 Å². The minimum atomic E-state index is -2.27. The first-order valence-corrected chi connectivity index (χ1v) is 12.6. The van der Waals surface area contributed by atoms with Gasteiger partial charge >= 0.3 is 11.9 Å². The largest absolute Gasteiger partial charge is 0.479 e. The Kier molecular flexibility index (Phi) is 9.10. The second-order valence-electron chi connectivity index (χ2n) is 9.40. The van der Waals surface area contributed by atoms with Crippen molar-refractivity contribution in [3.63, 3.8) is 0 Å². The summed E-state index contributed by atoms with van der Waals surface area (Å²) in [6.45, 7) is 11.0. The van der Waals surface area contributed by atoms with Gasteiger partial charge in [-0.2, -0.15) is 0 Å². The smallest absolute Gasteiger partial charge is 0.335 e. The molecule has 0 spiro atoms. The molecule has 3 aliphatic rings. The van der Waals surface area contributed by atoms with Crippen LogP contribution < -0.4 is 5.32 Å². The fourth-order valence-electron chi connectivity index (χ4n) is 5.44. The van der Waals surface area contributed by atoms with Gasteiger partial charge in [0.25, 0.3) is 0 Å². The molecule has 0 radical (unpaired) electrons. The molecule has 2 heterocycles. The van der Waals surface area contributed by atoms with Crippen LogP contribution >= 0.6 is 0 Å². The van der Waals surface area contributed by atoms with Gasteiger partial charge in [-0.15, -0.1) is 0 Å². The third kappa shape index (κ3) is 5.55. The molecule has 0 fully saturated rings. The SMILES string of the molecule is CCCN1C[C@H](C(=O)N(CC)CC)C=C2c3cccc4c3C(CN4)C[C@H]21.O=C(O)C(O)C(O)C(=O)O. The van der Waals surface area contributed by atoms with Crippen molar-refractivity contribution < 1.29 is 34.8 Å². The maximum Gasteiger partial charge on any atom is 0.335 e. The Morgan fingerprint density at radius 2 is 1.72 bits per heavy atom. The van der Waals surface area contributed by atoms with E-state index in [1.165, 1.54) is 28.8 Å². The molecule has 0 saturated carbocycles. The van der Waals surface area contributed by atoms with E-state index in [2.05, 4.69) is 55.3 Å². The quantitative estimate of drug-likeness (QED) is 0.355. The Labute approximate surface area is 211 Å². The highest BCUT2D eigenvalue weighted by Gasteiger charge is 2.42. The fourth-order valence-corrected chi connectivity index (χ4v) is 5.44. The number of carboxylic acid groups (broad SMARTS) is 2. The van der Waals surface area contributed by atoms with Crippen LogP contribution in [-0.4, -0.2) is 99.0 Å². The van der Waals surface area contributed by atoms with Crippen LogP contribution in [0.4, 0.5) is 5.69 Å². The minimum Gasteiger partial charge on any atom is -0.479 e. The number of hydrogen-bond donors (Lipinski definition) is 5. The third-order valence-electron chi connectivity index (χ3n) is 7.19. The normalized spacial score (nSPS) is 23.6. The van der Waals surface area contributed by atoms with Crippen LogP contribution in [0.3, 0.4) is 0 Å². The van der Waals surface area contributed by atoms with E-state index in [0.29, 0.717) is 12.0 Å². The number of amides is 1. The van der Waals surface area contributed by atoms with Gasteiger partial charge in [-0.05, 0) is 56.0 Å². The van der Waals surface area contributed by atoms with Gasteiger partial charge in [0.2, 0.25) is 5.91 Å². The molecule has 1 aromatic carbocycles. The molecule has 36 heavy (non-hydrogen) atoms. The molecule has 5 atom stereocenters. The van der Waals surface area contributed by atoms with E-state index in [1.54, 1.807) is 0 Å². The predicted molar refractivity (Wildman–Crippen MR) is 135 cm³/mol.